The molecule has 1 atom stereocenters. The Morgan fingerprint density at radius 2 is 0.746 bits per heavy atom. The summed E-state index contributed by atoms with van der Waals surface area (Å²) in [7, 11) is 0. The maximum absolute atomic E-state index is 2.50. The van der Waals surface area contributed by atoms with Gasteiger partial charge in [0.1, 0.15) is 0 Å². The molecule has 9 aromatic carbocycles. The van der Waals surface area contributed by atoms with E-state index in [-0.39, 0.29) is 5.41 Å². The molecule has 0 saturated carbocycles. The van der Waals surface area contributed by atoms with Crippen molar-refractivity contribution in [1.82, 2.24) is 0 Å². The van der Waals surface area contributed by atoms with Gasteiger partial charge in [-0.1, -0.05) is 208 Å². The fourth-order valence-electron chi connectivity index (χ4n) is 10.2. The van der Waals surface area contributed by atoms with Gasteiger partial charge >= 0.3 is 0 Å². The summed E-state index contributed by atoms with van der Waals surface area (Å²) in [5.74, 6) is 0. The van der Waals surface area contributed by atoms with E-state index in [9.17, 15) is 0 Å². The summed E-state index contributed by atoms with van der Waals surface area (Å²) < 4.78 is 0. The smallest absolute Gasteiger partial charge is 0.0714 e. The van der Waals surface area contributed by atoms with Crippen LogP contribution in [0, 0.1) is 0 Å². The molecule has 0 bridgehead atoms. The minimum atomic E-state index is -0.551. The van der Waals surface area contributed by atoms with E-state index in [0.29, 0.717) is 0 Å². The summed E-state index contributed by atoms with van der Waals surface area (Å²) in [6, 6.07) is 83.1. The van der Waals surface area contributed by atoms with Crippen LogP contribution < -0.4 is 4.90 Å². The summed E-state index contributed by atoms with van der Waals surface area (Å²) in [6.07, 6.45) is 0. The molecule has 0 spiro atoms. The van der Waals surface area contributed by atoms with Gasteiger partial charge in [-0.15, -0.1) is 0 Å². The zero-order chi connectivity index (χ0) is 39.6. The lowest BCUT2D eigenvalue weighted by molar-refractivity contribution is 0.660. The van der Waals surface area contributed by atoms with Gasteiger partial charge in [0.25, 0.3) is 0 Å². The van der Waals surface area contributed by atoms with E-state index in [1.54, 1.807) is 0 Å². The third-order valence-electron chi connectivity index (χ3n) is 13.0. The third-order valence-corrected chi connectivity index (χ3v) is 13.0. The lowest BCUT2D eigenvalue weighted by Crippen LogP contribution is -2.28. The Morgan fingerprint density at radius 3 is 1.41 bits per heavy atom. The predicted molar refractivity (Wildman–Crippen MR) is 247 cm³/mol. The normalized spacial score (nSPS) is 15.5. The largest absolute Gasteiger partial charge is 0.310 e. The fourth-order valence-corrected chi connectivity index (χ4v) is 10.2. The van der Waals surface area contributed by atoms with Crippen molar-refractivity contribution >= 4 is 17.1 Å². The maximum atomic E-state index is 2.50. The Morgan fingerprint density at radius 1 is 0.305 bits per heavy atom. The Labute approximate surface area is 347 Å². The van der Waals surface area contributed by atoms with E-state index in [1.807, 2.05) is 0 Å². The van der Waals surface area contributed by atoms with Gasteiger partial charge in [0.2, 0.25) is 0 Å². The van der Waals surface area contributed by atoms with Gasteiger partial charge in [-0.3, -0.25) is 0 Å². The Hall–Kier alpha value is -7.22. The van der Waals surface area contributed by atoms with Crippen molar-refractivity contribution in [2.24, 2.45) is 0 Å². The van der Waals surface area contributed by atoms with Crippen molar-refractivity contribution in [3.05, 3.63) is 258 Å². The average Bonchev–Trinajstić information content (AvgIpc) is 3.73. The van der Waals surface area contributed by atoms with E-state index in [4.69, 9.17) is 0 Å². The molecule has 0 saturated heterocycles. The van der Waals surface area contributed by atoms with E-state index < -0.39 is 5.41 Å². The second-order valence-corrected chi connectivity index (χ2v) is 16.5. The first-order valence-electron chi connectivity index (χ1n) is 20.7. The van der Waals surface area contributed by atoms with Crippen molar-refractivity contribution in [2.45, 2.75) is 24.7 Å². The van der Waals surface area contributed by atoms with Gasteiger partial charge in [-0.25, -0.2) is 0 Å². The number of hydrogen-bond donors (Lipinski definition) is 0. The lowest BCUT2D eigenvalue weighted by atomic mass is 9.67. The lowest BCUT2D eigenvalue weighted by Gasteiger charge is -2.35. The van der Waals surface area contributed by atoms with E-state index in [0.717, 1.165) is 17.1 Å². The fraction of sp³-hybridized carbons (Fsp3) is 0.0690. The highest BCUT2D eigenvalue weighted by Gasteiger charge is 2.46. The second-order valence-electron chi connectivity index (χ2n) is 16.5. The average molecular weight is 754 g/mol. The first-order valence-corrected chi connectivity index (χ1v) is 20.7. The molecule has 0 fully saturated rings. The molecule has 0 aliphatic heterocycles. The number of para-hydroxylation sites is 1. The monoisotopic (exact) mass is 753 g/mol. The highest BCUT2D eigenvalue weighted by atomic mass is 15.1. The van der Waals surface area contributed by atoms with E-state index >= 15 is 0 Å². The van der Waals surface area contributed by atoms with Crippen molar-refractivity contribution in [3.63, 3.8) is 0 Å². The predicted octanol–water partition coefficient (Wildman–Crippen LogP) is 15.2. The highest BCUT2D eigenvalue weighted by molar-refractivity contribution is 5.93. The molecule has 2 aliphatic rings. The SMILES string of the molecule is CC1(C)c2ccccc2-c2ccc(N(c3ccc4c(c3)C(c3ccccc3)(c3ccc(-c5ccccc5)cc3)c3ccccc3-4)c3ccccc3-c3ccccc3)cc21. The molecule has 59 heavy (non-hydrogen) atoms. The minimum Gasteiger partial charge on any atom is -0.310 e. The maximum Gasteiger partial charge on any atom is 0.0714 e. The first-order chi connectivity index (χ1) is 29.0. The molecule has 9 aromatic rings. The number of anilines is 3. The van der Waals surface area contributed by atoms with Crippen LogP contribution in [-0.2, 0) is 10.8 Å². The molecule has 1 unspecified atom stereocenters. The van der Waals surface area contributed by atoms with Gasteiger partial charge in [0.05, 0.1) is 11.1 Å². The van der Waals surface area contributed by atoms with Gasteiger partial charge in [0, 0.05) is 22.4 Å². The van der Waals surface area contributed by atoms with Crippen LogP contribution in [-0.4, -0.2) is 0 Å². The van der Waals surface area contributed by atoms with Gasteiger partial charge in [0.15, 0.2) is 0 Å². The number of benzene rings is 9. The molecule has 11 rings (SSSR count). The van der Waals surface area contributed by atoms with Crippen LogP contribution >= 0.6 is 0 Å². The topological polar surface area (TPSA) is 3.24 Å². The quantitative estimate of drug-likeness (QED) is 0.157. The molecule has 0 radical (unpaired) electrons. The summed E-state index contributed by atoms with van der Waals surface area (Å²) in [6.45, 7) is 4.74. The second kappa shape index (κ2) is 13.7. The van der Waals surface area contributed by atoms with E-state index in [2.05, 4.69) is 243 Å². The first kappa shape index (κ1) is 35.0. The molecule has 280 valence electrons. The van der Waals surface area contributed by atoms with Crippen LogP contribution in [0.2, 0.25) is 0 Å². The van der Waals surface area contributed by atoms with Crippen LogP contribution in [0.3, 0.4) is 0 Å². The third kappa shape index (κ3) is 5.39. The van der Waals surface area contributed by atoms with Gasteiger partial charge < -0.3 is 4.90 Å². The highest BCUT2D eigenvalue weighted by Crippen LogP contribution is 2.58. The Balaban J connectivity index is 1.17. The van der Waals surface area contributed by atoms with Gasteiger partial charge in [-0.05, 0) is 103 Å². The number of fused-ring (bicyclic) bond motifs is 6. The van der Waals surface area contributed by atoms with Crippen LogP contribution in [0.15, 0.2) is 224 Å². The molecule has 0 heterocycles. The zero-order valence-electron chi connectivity index (χ0n) is 33.3. The summed E-state index contributed by atoms with van der Waals surface area (Å²) >= 11 is 0. The molecule has 1 nitrogen and oxygen atoms in total. The number of nitrogens with zero attached hydrogens (tertiary/aromatic N) is 1. The van der Waals surface area contributed by atoms with Crippen molar-refractivity contribution in [2.75, 3.05) is 4.90 Å². The number of rotatable bonds is 7. The minimum absolute atomic E-state index is 0.138. The van der Waals surface area contributed by atoms with Crippen LogP contribution in [0.25, 0.3) is 44.5 Å². The molecular formula is C58H43N. The molecule has 1 heteroatoms. The van der Waals surface area contributed by atoms with Crippen molar-refractivity contribution < 1.29 is 0 Å². The van der Waals surface area contributed by atoms with E-state index in [1.165, 1.54) is 77.9 Å². The van der Waals surface area contributed by atoms with Crippen molar-refractivity contribution in [3.8, 4) is 44.5 Å². The van der Waals surface area contributed by atoms with Crippen LogP contribution in [0.5, 0.6) is 0 Å². The standard InChI is InChI=1S/C58H43N/c1-57(2)52-27-15-12-25-48(52)50-36-34-45(38-54(50)57)59(56-29-17-14-24-47(56)42-20-8-4-9-21-42)46-35-37-51-49-26-13-16-28-53(49)58(55(51)39-46,43-22-10-5-11-23-43)44-32-30-41(31-33-44)40-18-6-3-7-19-40/h3-39H,1-2H3. The zero-order valence-corrected chi connectivity index (χ0v) is 33.3. The Kier molecular flexibility index (Phi) is 8.13. The van der Waals surface area contributed by atoms with Crippen LogP contribution in [0.4, 0.5) is 17.1 Å². The van der Waals surface area contributed by atoms with Crippen LogP contribution in [0.1, 0.15) is 47.2 Å². The van der Waals surface area contributed by atoms with Crippen molar-refractivity contribution in [1.29, 1.82) is 0 Å². The van der Waals surface area contributed by atoms with Gasteiger partial charge in [-0.2, -0.15) is 0 Å². The summed E-state index contributed by atoms with van der Waals surface area (Å²) in [5, 5.41) is 0. The number of hydrogen-bond acceptors (Lipinski definition) is 1. The Bertz CT molecular complexity index is 3000. The molecule has 2 aliphatic carbocycles. The molecule has 0 N–H and O–H groups in total. The summed E-state index contributed by atoms with van der Waals surface area (Å²) in [4.78, 5) is 2.50. The molecular weight excluding hydrogens is 711 g/mol. The molecule has 0 amide bonds. The summed E-state index contributed by atoms with van der Waals surface area (Å²) in [5.41, 5.74) is 20.5. The molecule has 0 aromatic heterocycles.